The molecule has 1 aromatic heterocycles. The smallest absolute Gasteiger partial charge is 0.272 e. The third-order valence-corrected chi connectivity index (χ3v) is 3.96. The van der Waals surface area contributed by atoms with E-state index in [-0.39, 0.29) is 17.2 Å². The highest BCUT2D eigenvalue weighted by Gasteiger charge is 2.22. The number of hydrogen-bond donors (Lipinski definition) is 0. The van der Waals surface area contributed by atoms with Gasteiger partial charge in [-0.2, -0.15) is 0 Å². The molecule has 20 heavy (non-hydrogen) atoms. The number of benzene rings is 1. The highest BCUT2D eigenvalue weighted by Crippen LogP contribution is 2.20. The van der Waals surface area contributed by atoms with Gasteiger partial charge in [0.15, 0.2) is 0 Å². The van der Waals surface area contributed by atoms with Crippen LogP contribution < -0.4 is 0 Å². The number of para-hydroxylation sites is 1. The molecule has 2 aromatic rings. The molecule has 1 saturated heterocycles. The van der Waals surface area contributed by atoms with E-state index < -0.39 is 0 Å². The second kappa shape index (κ2) is 5.19. The Morgan fingerprint density at radius 2 is 2.00 bits per heavy atom. The molecule has 104 valence electrons. The molecule has 0 bridgehead atoms. The second-order valence-corrected chi connectivity index (χ2v) is 5.48. The number of pyridine rings is 1. The Hall–Kier alpha value is -1.97. The molecule has 1 aliphatic heterocycles. The van der Waals surface area contributed by atoms with Crippen LogP contribution in [-0.2, 0) is 0 Å². The Balaban J connectivity index is 1.90. The van der Waals surface area contributed by atoms with Crippen molar-refractivity contribution in [3.8, 4) is 0 Å². The van der Waals surface area contributed by atoms with E-state index in [1.807, 2.05) is 4.90 Å². The van der Waals surface area contributed by atoms with Crippen LogP contribution in [0, 0.1) is 11.7 Å². The van der Waals surface area contributed by atoms with E-state index in [0.29, 0.717) is 17.0 Å². The summed E-state index contributed by atoms with van der Waals surface area (Å²) in [5, 5.41) is 0.716. The highest BCUT2D eigenvalue weighted by atomic mass is 19.1. The minimum atomic E-state index is -0.385. The molecule has 0 unspecified atom stereocenters. The maximum absolute atomic E-state index is 13.7. The van der Waals surface area contributed by atoms with E-state index in [0.717, 1.165) is 25.9 Å². The number of halogens is 1. The van der Waals surface area contributed by atoms with Gasteiger partial charge in [0, 0.05) is 18.5 Å². The summed E-state index contributed by atoms with van der Waals surface area (Å²) < 4.78 is 13.7. The van der Waals surface area contributed by atoms with Crippen molar-refractivity contribution < 1.29 is 9.18 Å². The van der Waals surface area contributed by atoms with Crippen LogP contribution in [0.3, 0.4) is 0 Å². The van der Waals surface area contributed by atoms with Crippen molar-refractivity contribution >= 4 is 16.8 Å². The minimum Gasteiger partial charge on any atom is -0.337 e. The lowest BCUT2D eigenvalue weighted by Gasteiger charge is -2.30. The van der Waals surface area contributed by atoms with Gasteiger partial charge in [-0.25, -0.2) is 9.37 Å². The molecular formula is C16H17FN2O. The van der Waals surface area contributed by atoms with Crippen LogP contribution in [0.25, 0.3) is 10.9 Å². The molecule has 1 fully saturated rings. The van der Waals surface area contributed by atoms with Gasteiger partial charge in [0.2, 0.25) is 0 Å². The molecule has 0 radical (unpaired) electrons. The van der Waals surface area contributed by atoms with Crippen molar-refractivity contribution in [1.29, 1.82) is 0 Å². The first-order valence-corrected chi connectivity index (χ1v) is 6.99. The van der Waals surface area contributed by atoms with Gasteiger partial charge in [-0.1, -0.05) is 25.1 Å². The fourth-order valence-electron chi connectivity index (χ4n) is 2.60. The van der Waals surface area contributed by atoms with E-state index >= 15 is 0 Å². The van der Waals surface area contributed by atoms with E-state index in [4.69, 9.17) is 0 Å². The van der Waals surface area contributed by atoms with Gasteiger partial charge in [0.1, 0.15) is 17.0 Å². The van der Waals surface area contributed by atoms with Crippen molar-refractivity contribution in [2.75, 3.05) is 13.1 Å². The fraction of sp³-hybridized carbons (Fsp3) is 0.375. The predicted octanol–water partition coefficient (Wildman–Crippen LogP) is 3.25. The molecular weight excluding hydrogens is 255 g/mol. The van der Waals surface area contributed by atoms with Gasteiger partial charge >= 0.3 is 0 Å². The largest absolute Gasteiger partial charge is 0.337 e. The Morgan fingerprint density at radius 3 is 2.75 bits per heavy atom. The van der Waals surface area contributed by atoms with Crippen molar-refractivity contribution in [3.63, 3.8) is 0 Å². The molecule has 0 atom stereocenters. The Morgan fingerprint density at radius 1 is 1.25 bits per heavy atom. The van der Waals surface area contributed by atoms with E-state index in [1.54, 1.807) is 24.3 Å². The van der Waals surface area contributed by atoms with Crippen LogP contribution in [0.5, 0.6) is 0 Å². The maximum atomic E-state index is 13.7. The third kappa shape index (κ3) is 2.38. The van der Waals surface area contributed by atoms with Crippen molar-refractivity contribution in [1.82, 2.24) is 9.88 Å². The number of hydrogen-bond acceptors (Lipinski definition) is 2. The normalized spacial score (nSPS) is 16.6. The first-order chi connectivity index (χ1) is 9.65. The van der Waals surface area contributed by atoms with Crippen LogP contribution in [0.4, 0.5) is 4.39 Å². The minimum absolute atomic E-state index is 0.0953. The second-order valence-electron chi connectivity index (χ2n) is 5.48. The van der Waals surface area contributed by atoms with Crippen LogP contribution in [0.2, 0.25) is 0 Å². The summed E-state index contributed by atoms with van der Waals surface area (Å²) in [5.74, 6) is 0.188. The van der Waals surface area contributed by atoms with Gasteiger partial charge in [-0.15, -0.1) is 0 Å². The molecule has 1 aliphatic rings. The molecule has 1 aromatic carbocycles. The summed E-state index contributed by atoms with van der Waals surface area (Å²) in [6.07, 6.45) is 2.04. The number of rotatable bonds is 1. The van der Waals surface area contributed by atoms with Gasteiger partial charge in [-0.3, -0.25) is 4.79 Å². The molecule has 1 amide bonds. The maximum Gasteiger partial charge on any atom is 0.272 e. The molecule has 0 spiro atoms. The van der Waals surface area contributed by atoms with Crippen LogP contribution >= 0.6 is 0 Å². The molecule has 0 aliphatic carbocycles. The van der Waals surface area contributed by atoms with Crippen molar-refractivity contribution in [2.24, 2.45) is 5.92 Å². The summed E-state index contributed by atoms with van der Waals surface area (Å²) in [5.41, 5.74) is 0.598. The van der Waals surface area contributed by atoms with E-state index in [1.165, 1.54) is 6.07 Å². The van der Waals surface area contributed by atoms with Gasteiger partial charge < -0.3 is 4.90 Å². The number of piperidine rings is 1. The zero-order valence-corrected chi connectivity index (χ0v) is 11.5. The number of amides is 1. The average Bonchev–Trinajstić information content (AvgIpc) is 2.47. The summed E-state index contributed by atoms with van der Waals surface area (Å²) in [6, 6.07) is 8.24. The Labute approximate surface area is 117 Å². The summed E-state index contributed by atoms with van der Waals surface area (Å²) in [4.78, 5) is 18.4. The lowest BCUT2D eigenvalue weighted by Crippen LogP contribution is -2.38. The lowest BCUT2D eigenvalue weighted by molar-refractivity contribution is 0.0691. The summed E-state index contributed by atoms with van der Waals surface area (Å²) >= 11 is 0. The topological polar surface area (TPSA) is 33.2 Å². The molecule has 0 saturated carbocycles. The standard InChI is InChI=1S/C16H17FN2O/c1-11-7-9-19(10-8-11)16(20)14-6-5-12-3-2-4-13(17)15(12)18-14/h2-6,11H,7-10H2,1H3. The third-order valence-electron chi connectivity index (χ3n) is 3.96. The Bertz CT molecular complexity index is 648. The SMILES string of the molecule is CC1CCN(C(=O)c2ccc3cccc(F)c3n2)CC1. The first-order valence-electron chi connectivity index (χ1n) is 6.99. The number of aromatic nitrogens is 1. The zero-order chi connectivity index (χ0) is 14.1. The lowest BCUT2D eigenvalue weighted by atomic mass is 9.99. The number of carbonyl (C=O) groups excluding carboxylic acids is 1. The van der Waals surface area contributed by atoms with Crippen LogP contribution in [0.15, 0.2) is 30.3 Å². The summed E-state index contributed by atoms with van der Waals surface area (Å²) in [7, 11) is 0. The molecule has 2 heterocycles. The molecule has 3 nitrogen and oxygen atoms in total. The van der Waals surface area contributed by atoms with Crippen molar-refractivity contribution in [3.05, 3.63) is 41.8 Å². The number of nitrogens with zero attached hydrogens (tertiary/aromatic N) is 2. The average molecular weight is 272 g/mol. The van der Waals surface area contributed by atoms with Gasteiger partial charge in [0.25, 0.3) is 5.91 Å². The molecule has 4 heteroatoms. The number of carbonyl (C=O) groups is 1. The molecule has 3 rings (SSSR count). The fourth-order valence-corrected chi connectivity index (χ4v) is 2.60. The highest BCUT2D eigenvalue weighted by molar-refractivity contribution is 5.95. The monoisotopic (exact) mass is 272 g/mol. The quantitative estimate of drug-likeness (QED) is 0.798. The van der Waals surface area contributed by atoms with E-state index in [9.17, 15) is 9.18 Å². The van der Waals surface area contributed by atoms with E-state index in [2.05, 4.69) is 11.9 Å². The number of likely N-dealkylation sites (tertiary alicyclic amines) is 1. The molecule has 0 N–H and O–H groups in total. The van der Waals surface area contributed by atoms with Crippen molar-refractivity contribution in [2.45, 2.75) is 19.8 Å². The summed E-state index contributed by atoms with van der Waals surface area (Å²) in [6.45, 7) is 3.72. The predicted molar refractivity (Wildman–Crippen MR) is 76.0 cm³/mol. The zero-order valence-electron chi connectivity index (χ0n) is 11.5. The van der Waals surface area contributed by atoms with Gasteiger partial charge in [0.05, 0.1) is 0 Å². The Kier molecular flexibility index (Phi) is 3.38. The number of fused-ring (bicyclic) bond motifs is 1. The van der Waals surface area contributed by atoms with Gasteiger partial charge in [-0.05, 0) is 30.9 Å². The first kappa shape index (κ1) is 13.0. The van der Waals surface area contributed by atoms with Crippen LogP contribution in [-0.4, -0.2) is 28.9 Å². The van der Waals surface area contributed by atoms with Crippen LogP contribution in [0.1, 0.15) is 30.3 Å².